The Balaban J connectivity index is 1.50. The summed E-state index contributed by atoms with van der Waals surface area (Å²) in [4.78, 5) is 35.6. The largest absolute Gasteiger partial charge is 0.490 e. The second kappa shape index (κ2) is 9.59. The standard InChI is InChI=1S/C21H21NO7/c1-2-9-26-18-5-3-4-6-19(18)28-13-21(25)29-11-16(23)14-7-8-17-15(10-14)22-20(24)12-27-17/h3-8,10H,2,9,11-13H2,1H3,(H,22,24). The van der Waals surface area contributed by atoms with Crippen molar-refractivity contribution < 1.29 is 33.3 Å². The summed E-state index contributed by atoms with van der Waals surface area (Å²) in [5.41, 5.74) is 0.701. The van der Waals surface area contributed by atoms with E-state index in [0.29, 0.717) is 35.1 Å². The highest BCUT2D eigenvalue weighted by atomic mass is 16.6. The minimum atomic E-state index is -0.682. The van der Waals surface area contributed by atoms with Gasteiger partial charge in [-0.3, -0.25) is 9.59 Å². The van der Waals surface area contributed by atoms with Gasteiger partial charge in [0.25, 0.3) is 5.91 Å². The lowest BCUT2D eigenvalue weighted by atomic mass is 10.1. The number of Topliss-reactive ketones (excluding diaryl/α,β-unsaturated/α-hetero) is 1. The molecule has 1 N–H and O–H groups in total. The first kappa shape index (κ1) is 20.2. The maximum Gasteiger partial charge on any atom is 0.344 e. The van der Waals surface area contributed by atoms with Crippen LogP contribution >= 0.6 is 0 Å². The number of esters is 1. The normalized spacial score (nSPS) is 12.2. The zero-order chi connectivity index (χ0) is 20.6. The predicted molar refractivity (Wildman–Crippen MR) is 104 cm³/mol. The average molecular weight is 399 g/mol. The molecule has 1 heterocycles. The van der Waals surface area contributed by atoms with Crippen molar-refractivity contribution in [1.82, 2.24) is 0 Å². The topological polar surface area (TPSA) is 100 Å². The summed E-state index contributed by atoms with van der Waals surface area (Å²) in [5, 5.41) is 2.62. The fraction of sp³-hybridized carbons (Fsp3) is 0.286. The van der Waals surface area contributed by atoms with Gasteiger partial charge in [-0.2, -0.15) is 0 Å². The smallest absolute Gasteiger partial charge is 0.344 e. The second-order valence-corrected chi connectivity index (χ2v) is 6.22. The molecule has 2 aromatic rings. The molecule has 1 amide bonds. The van der Waals surface area contributed by atoms with Crippen LogP contribution in [0.15, 0.2) is 42.5 Å². The van der Waals surface area contributed by atoms with Crippen LogP contribution in [-0.4, -0.2) is 44.1 Å². The Hall–Kier alpha value is -3.55. The summed E-state index contributed by atoms with van der Waals surface area (Å²) in [6.45, 7) is 1.66. The van der Waals surface area contributed by atoms with Gasteiger partial charge in [-0.15, -0.1) is 0 Å². The third kappa shape index (κ3) is 5.47. The van der Waals surface area contributed by atoms with E-state index in [1.807, 2.05) is 6.92 Å². The fourth-order valence-corrected chi connectivity index (χ4v) is 2.56. The van der Waals surface area contributed by atoms with Crippen LogP contribution in [-0.2, 0) is 14.3 Å². The Morgan fingerprint density at radius 2 is 1.83 bits per heavy atom. The first-order chi connectivity index (χ1) is 14.1. The van der Waals surface area contributed by atoms with Crippen molar-refractivity contribution in [3.8, 4) is 17.2 Å². The summed E-state index contributed by atoms with van der Waals surface area (Å²) in [5.74, 6) is 0.0569. The van der Waals surface area contributed by atoms with Gasteiger partial charge >= 0.3 is 5.97 Å². The molecule has 1 aliphatic rings. The van der Waals surface area contributed by atoms with Gasteiger partial charge in [0, 0.05) is 5.56 Å². The molecule has 3 rings (SSSR count). The number of nitrogens with one attached hydrogen (secondary N) is 1. The minimum Gasteiger partial charge on any atom is -0.490 e. The molecule has 0 atom stereocenters. The number of para-hydroxylation sites is 2. The van der Waals surface area contributed by atoms with Gasteiger partial charge in [-0.05, 0) is 36.8 Å². The molecule has 0 saturated heterocycles. The Bertz CT molecular complexity index is 910. The van der Waals surface area contributed by atoms with Gasteiger partial charge in [0.1, 0.15) is 5.75 Å². The van der Waals surface area contributed by atoms with Crippen molar-refractivity contribution in [2.24, 2.45) is 0 Å². The van der Waals surface area contributed by atoms with E-state index in [2.05, 4.69) is 5.32 Å². The monoisotopic (exact) mass is 399 g/mol. The van der Waals surface area contributed by atoms with E-state index >= 15 is 0 Å². The number of fused-ring (bicyclic) bond motifs is 1. The third-order valence-electron chi connectivity index (χ3n) is 3.96. The van der Waals surface area contributed by atoms with Gasteiger partial charge < -0.3 is 24.3 Å². The number of hydrogen-bond donors (Lipinski definition) is 1. The molecule has 0 fully saturated rings. The van der Waals surface area contributed by atoms with Gasteiger partial charge in [-0.1, -0.05) is 19.1 Å². The molecule has 0 bridgehead atoms. The molecule has 0 aliphatic carbocycles. The van der Waals surface area contributed by atoms with E-state index in [4.69, 9.17) is 18.9 Å². The lowest BCUT2D eigenvalue weighted by molar-refractivity contribution is -0.144. The summed E-state index contributed by atoms with van der Waals surface area (Å²) >= 11 is 0. The van der Waals surface area contributed by atoms with Crippen molar-refractivity contribution in [1.29, 1.82) is 0 Å². The van der Waals surface area contributed by atoms with Crippen LogP contribution in [0, 0.1) is 0 Å². The van der Waals surface area contributed by atoms with E-state index in [0.717, 1.165) is 6.42 Å². The molecule has 0 aromatic heterocycles. The molecule has 2 aromatic carbocycles. The number of hydrogen-bond acceptors (Lipinski definition) is 7. The molecule has 0 radical (unpaired) electrons. The molecular formula is C21H21NO7. The zero-order valence-electron chi connectivity index (χ0n) is 15.9. The van der Waals surface area contributed by atoms with Crippen LogP contribution in [0.3, 0.4) is 0 Å². The fourth-order valence-electron chi connectivity index (χ4n) is 2.56. The van der Waals surface area contributed by atoms with E-state index in [1.165, 1.54) is 6.07 Å². The second-order valence-electron chi connectivity index (χ2n) is 6.22. The molecule has 8 nitrogen and oxygen atoms in total. The van der Waals surface area contributed by atoms with Crippen molar-refractivity contribution in [2.45, 2.75) is 13.3 Å². The summed E-state index contributed by atoms with van der Waals surface area (Å²) in [6, 6.07) is 11.6. The SMILES string of the molecule is CCCOc1ccccc1OCC(=O)OCC(=O)c1ccc2c(c1)NC(=O)CO2. The van der Waals surface area contributed by atoms with Crippen LogP contribution in [0.2, 0.25) is 0 Å². The Morgan fingerprint density at radius 3 is 2.59 bits per heavy atom. The minimum absolute atomic E-state index is 0.0650. The Kier molecular flexibility index (Phi) is 6.67. The third-order valence-corrected chi connectivity index (χ3v) is 3.96. The van der Waals surface area contributed by atoms with Crippen LogP contribution in [0.25, 0.3) is 0 Å². The zero-order valence-corrected chi connectivity index (χ0v) is 15.9. The van der Waals surface area contributed by atoms with E-state index < -0.39 is 18.4 Å². The van der Waals surface area contributed by atoms with E-state index in [1.54, 1.807) is 36.4 Å². The van der Waals surface area contributed by atoms with Crippen LogP contribution in [0.1, 0.15) is 23.7 Å². The van der Waals surface area contributed by atoms with Gasteiger partial charge in [0.05, 0.1) is 12.3 Å². The van der Waals surface area contributed by atoms with Crippen LogP contribution < -0.4 is 19.5 Å². The maximum atomic E-state index is 12.3. The molecule has 0 unspecified atom stereocenters. The highest BCUT2D eigenvalue weighted by Crippen LogP contribution is 2.29. The number of carbonyl (C=O) groups is 3. The van der Waals surface area contributed by atoms with Crippen molar-refractivity contribution >= 4 is 23.3 Å². The molecule has 1 aliphatic heterocycles. The number of ketones is 1. The van der Waals surface area contributed by atoms with Crippen LogP contribution in [0.4, 0.5) is 5.69 Å². The molecule has 0 saturated carbocycles. The predicted octanol–water partition coefficient (Wildman–Crippen LogP) is 2.61. The number of amides is 1. The molecule has 152 valence electrons. The molecule has 8 heteroatoms. The lowest BCUT2D eigenvalue weighted by Gasteiger charge is -2.18. The lowest BCUT2D eigenvalue weighted by Crippen LogP contribution is -2.25. The molecule has 0 spiro atoms. The van der Waals surface area contributed by atoms with Gasteiger partial charge in [0.2, 0.25) is 0 Å². The van der Waals surface area contributed by atoms with Gasteiger partial charge in [0.15, 0.2) is 37.1 Å². The van der Waals surface area contributed by atoms with Crippen LogP contribution in [0.5, 0.6) is 17.2 Å². The number of rotatable bonds is 9. The first-order valence-corrected chi connectivity index (χ1v) is 9.17. The average Bonchev–Trinajstić information content (AvgIpc) is 2.74. The summed E-state index contributed by atoms with van der Waals surface area (Å²) in [6.07, 6.45) is 0.844. The maximum absolute atomic E-state index is 12.3. The highest BCUT2D eigenvalue weighted by Gasteiger charge is 2.18. The van der Waals surface area contributed by atoms with E-state index in [-0.39, 0.29) is 19.1 Å². The number of carbonyl (C=O) groups excluding carboxylic acids is 3. The van der Waals surface area contributed by atoms with E-state index in [9.17, 15) is 14.4 Å². The van der Waals surface area contributed by atoms with Crippen molar-refractivity contribution in [3.63, 3.8) is 0 Å². The molecular weight excluding hydrogens is 378 g/mol. The quantitative estimate of drug-likeness (QED) is 0.511. The molecule has 29 heavy (non-hydrogen) atoms. The first-order valence-electron chi connectivity index (χ1n) is 9.17. The summed E-state index contributed by atoms with van der Waals surface area (Å²) in [7, 11) is 0. The summed E-state index contributed by atoms with van der Waals surface area (Å²) < 4.78 is 21.2. The number of ether oxygens (including phenoxy) is 4. The Morgan fingerprint density at radius 1 is 1.07 bits per heavy atom. The highest BCUT2D eigenvalue weighted by molar-refractivity contribution is 6.01. The van der Waals surface area contributed by atoms with Gasteiger partial charge in [-0.25, -0.2) is 4.79 Å². The number of benzene rings is 2. The van der Waals surface area contributed by atoms with Crippen molar-refractivity contribution in [2.75, 3.05) is 31.7 Å². The Labute approximate surface area is 167 Å². The number of anilines is 1. The van der Waals surface area contributed by atoms with Crippen molar-refractivity contribution in [3.05, 3.63) is 48.0 Å².